The molecule has 3 heteroatoms. The van der Waals surface area contributed by atoms with Crippen LogP contribution in [0.5, 0.6) is 0 Å². The molecule has 0 radical (unpaired) electrons. The number of likely N-dealkylation sites (tertiary alicyclic amines) is 1. The number of likely N-dealkylation sites (N-methyl/N-ethyl adjacent to an activating group) is 1. The van der Waals surface area contributed by atoms with Crippen molar-refractivity contribution >= 4 is 5.91 Å². The van der Waals surface area contributed by atoms with Gasteiger partial charge in [0.05, 0.1) is 0 Å². The van der Waals surface area contributed by atoms with E-state index >= 15 is 0 Å². The van der Waals surface area contributed by atoms with Crippen molar-refractivity contribution in [2.45, 2.75) is 20.3 Å². The second-order valence-corrected chi connectivity index (χ2v) is 4.11. The molecule has 0 aromatic carbocycles. The molecule has 0 aliphatic carbocycles. The first kappa shape index (κ1) is 11.2. The number of hydrogen-bond donors (Lipinski definition) is 1. The molecule has 0 aromatic heterocycles. The zero-order valence-electron chi connectivity index (χ0n) is 9.18. The van der Waals surface area contributed by atoms with Crippen molar-refractivity contribution in [1.29, 1.82) is 0 Å². The molecule has 1 amide bonds. The Bertz CT molecular complexity index is 225. The Morgan fingerprint density at radius 1 is 1.71 bits per heavy atom. The van der Waals surface area contributed by atoms with Crippen molar-refractivity contribution < 1.29 is 4.79 Å². The molecule has 1 fully saturated rings. The predicted molar refractivity (Wildman–Crippen MR) is 58.0 cm³/mol. The second-order valence-electron chi connectivity index (χ2n) is 4.11. The van der Waals surface area contributed by atoms with Crippen LogP contribution in [0.2, 0.25) is 0 Å². The second kappa shape index (κ2) is 5.15. The van der Waals surface area contributed by atoms with E-state index in [1.54, 1.807) is 0 Å². The Hall–Kier alpha value is -0.830. The van der Waals surface area contributed by atoms with Crippen LogP contribution in [0, 0.1) is 5.92 Å². The van der Waals surface area contributed by atoms with Gasteiger partial charge < -0.3 is 10.2 Å². The van der Waals surface area contributed by atoms with Crippen molar-refractivity contribution in [3.05, 3.63) is 12.2 Å². The van der Waals surface area contributed by atoms with Gasteiger partial charge in [0.25, 0.3) is 0 Å². The SMILES string of the molecule is C=C(CNCC)CN1CC(C)CC1=O. The van der Waals surface area contributed by atoms with Crippen molar-refractivity contribution in [2.24, 2.45) is 5.92 Å². The fourth-order valence-corrected chi connectivity index (χ4v) is 1.75. The van der Waals surface area contributed by atoms with Crippen molar-refractivity contribution in [2.75, 3.05) is 26.2 Å². The summed E-state index contributed by atoms with van der Waals surface area (Å²) in [7, 11) is 0. The van der Waals surface area contributed by atoms with Crippen LogP contribution in [0.4, 0.5) is 0 Å². The number of rotatable bonds is 5. The summed E-state index contributed by atoms with van der Waals surface area (Å²) in [5.41, 5.74) is 1.09. The Morgan fingerprint density at radius 3 is 2.93 bits per heavy atom. The zero-order valence-corrected chi connectivity index (χ0v) is 9.18. The number of nitrogens with zero attached hydrogens (tertiary/aromatic N) is 1. The van der Waals surface area contributed by atoms with Gasteiger partial charge in [-0.1, -0.05) is 20.4 Å². The molecule has 1 aliphatic heterocycles. The molecule has 1 N–H and O–H groups in total. The highest BCUT2D eigenvalue weighted by Crippen LogP contribution is 2.17. The summed E-state index contributed by atoms with van der Waals surface area (Å²) >= 11 is 0. The molecular formula is C11H20N2O. The quantitative estimate of drug-likeness (QED) is 0.666. The molecule has 1 saturated heterocycles. The van der Waals surface area contributed by atoms with E-state index in [9.17, 15) is 4.79 Å². The van der Waals surface area contributed by atoms with Gasteiger partial charge in [0.1, 0.15) is 0 Å². The maximum atomic E-state index is 11.5. The molecule has 3 nitrogen and oxygen atoms in total. The fraction of sp³-hybridized carbons (Fsp3) is 0.727. The van der Waals surface area contributed by atoms with E-state index in [4.69, 9.17) is 0 Å². The van der Waals surface area contributed by atoms with Gasteiger partial charge in [0.2, 0.25) is 5.91 Å². The largest absolute Gasteiger partial charge is 0.338 e. The number of carbonyl (C=O) groups is 1. The minimum absolute atomic E-state index is 0.273. The molecule has 0 spiro atoms. The van der Waals surface area contributed by atoms with Gasteiger partial charge in [-0.3, -0.25) is 4.79 Å². The normalized spacial score (nSPS) is 21.7. The highest BCUT2D eigenvalue weighted by molar-refractivity contribution is 5.78. The van der Waals surface area contributed by atoms with Crippen LogP contribution in [0.3, 0.4) is 0 Å². The third-order valence-electron chi connectivity index (χ3n) is 2.45. The number of hydrogen-bond acceptors (Lipinski definition) is 2. The molecule has 1 unspecified atom stereocenters. The van der Waals surface area contributed by atoms with E-state index in [1.807, 2.05) is 4.90 Å². The molecule has 1 heterocycles. The summed E-state index contributed by atoms with van der Waals surface area (Å²) in [4.78, 5) is 13.4. The van der Waals surface area contributed by atoms with Gasteiger partial charge in [-0.25, -0.2) is 0 Å². The Morgan fingerprint density at radius 2 is 2.43 bits per heavy atom. The van der Waals surface area contributed by atoms with Crippen LogP contribution < -0.4 is 5.32 Å². The van der Waals surface area contributed by atoms with Crippen LogP contribution in [0.1, 0.15) is 20.3 Å². The monoisotopic (exact) mass is 196 g/mol. The average Bonchev–Trinajstić information content (AvgIpc) is 2.42. The third kappa shape index (κ3) is 3.14. The molecule has 1 rings (SSSR count). The lowest BCUT2D eigenvalue weighted by Crippen LogP contribution is -2.30. The van der Waals surface area contributed by atoms with Crippen LogP contribution in [-0.2, 0) is 4.79 Å². The molecule has 1 atom stereocenters. The third-order valence-corrected chi connectivity index (χ3v) is 2.45. The minimum Gasteiger partial charge on any atom is -0.338 e. The summed E-state index contributed by atoms with van der Waals surface area (Å²) in [6.07, 6.45) is 0.703. The molecule has 14 heavy (non-hydrogen) atoms. The first-order valence-corrected chi connectivity index (χ1v) is 5.28. The van der Waals surface area contributed by atoms with Gasteiger partial charge in [0, 0.05) is 26.1 Å². The van der Waals surface area contributed by atoms with Crippen LogP contribution in [0.25, 0.3) is 0 Å². The van der Waals surface area contributed by atoms with Gasteiger partial charge in [-0.15, -0.1) is 0 Å². The molecule has 0 saturated carbocycles. The van der Waals surface area contributed by atoms with E-state index in [-0.39, 0.29) is 5.91 Å². The molecular weight excluding hydrogens is 176 g/mol. The Balaban J connectivity index is 2.30. The van der Waals surface area contributed by atoms with E-state index in [2.05, 4.69) is 25.7 Å². The van der Waals surface area contributed by atoms with Gasteiger partial charge in [-0.2, -0.15) is 0 Å². The molecule has 0 bridgehead atoms. The first-order chi connectivity index (χ1) is 6.63. The van der Waals surface area contributed by atoms with E-state index in [0.717, 1.165) is 31.8 Å². The highest BCUT2D eigenvalue weighted by Gasteiger charge is 2.26. The van der Waals surface area contributed by atoms with E-state index in [0.29, 0.717) is 12.3 Å². The van der Waals surface area contributed by atoms with Crippen molar-refractivity contribution in [3.8, 4) is 0 Å². The number of carbonyl (C=O) groups excluding carboxylic acids is 1. The zero-order chi connectivity index (χ0) is 10.6. The Kier molecular flexibility index (Phi) is 4.14. The standard InChI is InChI=1S/C11H20N2O/c1-4-12-6-10(3)8-13-7-9(2)5-11(13)14/h9,12H,3-8H2,1-2H3. The molecule has 0 aromatic rings. The van der Waals surface area contributed by atoms with Crippen molar-refractivity contribution in [3.63, 3.8) is 0 Å². The van der Waals surface area contributed by atoms with Crippen molar-refractivity contribution in [1.82, 2.24) is 10.2 Å². The number of amides is 1. The first-order valence-electron chi connectivity index (χ1n) is 5.28. The predicted octanol–water partition coefficient (Wildman–Crippen LogP) is 1.02. The molecule has 80 valence electrons. The smallest absolute Gasteiger partial charge is 0.223 e. The van der Waals surface area contributed by atoms with E-state index < -0.39 is 0 Å². The lowest BCUT2D eigenvalue weighted by atomic mass is 10.2. The lowest BCUT2D eigenvalue weighted by Gasteiger charge is -2.17. The summed E-state index contributed by atoms with van der Waals surface area (Å²) in [6, 6.07) is 0. The Labute approximate surface area is 86.2 Å². The van der Waals surface area contributed by atoms with Gasteiger partial charge in [-0.05, 0) is 18.0 Å². The van der Waals surface area contributed by atoms with Crippen LogP contribution in [0.15, 0.2) is 12.2 Å². The summed E-state index contributed by atoms with van der Waals surface area (Å²) in [6.45, 7) is 11.5. The minimum atomic E-state index is 0.273. The van der Waals surface area contributed by atoms with Gasteiger partial charge in [0.15, 0.2) is 0 Å². The average molecular weight is 196 g/mol. The van der Waals surface area contributed by atoms with Gasteiger partial charge >= 0.3 is 0 Å². The summed E-state index contributed by atoms with van der Waals surface area (Å²) in [5.74, 6) is 0.782. The highest BCUT2D eigenvalue weighted by atomic mass is 16.2. The lowest BCUT2D eigenvalue weighted by molar-refractivity contribution is -0.127. The summed E-state index contributed by atoms with van der Waals surface area (Å²) < 4.78 is 0. The van der Waals surface area contributed by atoms with Crippen LogP contribution in [-0.4, -0.2) is 37.0 Å². The fourth-order valence-electron chi connectivity index (χ4n) is 1.75. The number of nitrogens with one attached hydrogen (secondary N) is 1. The topological polar surface area (TPSA) is 32.3 Å². The maximum absolute atomic E-state index is 11.5. The maximum Gasteiger partial charge on any atom is 0.223 e. The van der Waals surface area contributed by atoms with Crippen LogP contribution >= 0.6 is 0 Å². The van der Waals surface area contributed by atoms with E-state index in [1.165, 1.54) is 0 Å². The molecule has 1 aliphatic rings. The summed E-state index contributed by atoms with van der Waals surface area (Å²) in [5, 5.41) is 3.21.